The number of carbonyl (C=O) groups is 2. The molecule has 182 valence electrons. The van der Waals surface area contributed by atoms with Crippen LogP contribution in [0, 0.1) is 0 Å². The molecule has 34 heavy (non-hydrogen) atoms. The molecule has 0 bridgehead atoms. The number of hydrogen-bond acceptors (Lipinski definition) is 6. The standard InChI is InChI=1S/C25H33N5O4/c1-5-25(16-24(3,4)33)10-12-29(23(32)34-25)17(2)18-6-8-19(9-7-18)20-14-27-21(28-15-20)30-13-11-26-22(30)31/h6-9,14-15,17,33H,5,10-13,16H2,1-4H3,(H,26,31)/t17-,25-/m0/s1. The lowest BCUT2D eigenvalue weighted by molar-refractivity contribution is -0.0977. The van der Waals surface area contributed by atoms with Crippen LogP contribution in [0.2, 0.25) is 0 Å². The Morgan fingerprint density at radius 2 is 1.82 bits per heavy atom. The second kappa shape index (κ2) is 9.21. The van der Waals surface area contributed by atoms with Gasteiger partial charge in [-0.1, -0.05) is 31.2 Å². The smallest absolute Gasteiger partial charge is 0.410 e. The number of nitrogens with zero attached hydrogens (tertiary/aromatic N) is 4. The summed E-state index contributed by atoms with van der Waals surface area (Å²) < 4.78 is 5.89. The van der Waals surface area contributed by atoms with Gasteiger partial charge in [-0.05, 0) is 38.3 Å². The first-order valence-electron chi connectivity index (χ1n) is 11.8. The fraction of sp³-hybridized carbons (Fsp3) is 0.520. The van der Waals surface area contributed by atoms with Gasteiger partial charge in [0.1, 0.15) is 5.60 Å². The Bertz CT molecular complexity index is 1030. The number of aliphatic hydroxyl groups is 1. The molecule has 0 spiro atoms. The number of cyclic esters (lactones) is 1. The van der Waals surface area contributed by atoms with Crippen LogP contribution >= 0.6 is 0 Å². The molecular formula is C25H33N5O4. The molecule has 2 atom stereocenters. The second-order valence-electron chi connectivity index (χ2n) is 9.79. The van der Waals surface area contributed by atoms with Crippen LogP contribution in [0.25, 0.3) is 11.1 Å². The van der Waals surface area contributed by atoms with Crippen molar-refractivity contribution in [2.45, 2.75) is 64.2 Å². The van der Waals surface area contributed by atoms with E-state index in [1.807, 2.05) is 38.1 Å². The van der Waals surface area contributed by atoms with Crippen LogP contribution in [0.5, 0.6) is 0 Å². The van der Waals surface area contributed by atoms with Gasteiger partial charge in [0.05, 0.1) is 11.6 Å². The lowest BCUT2D eigenvalue weighted by Crippen LogP contribution is -2.52. The Balaban J connectivity index is 1.43. The predicted molar refractivity (Wildman–Crippen MR) is 128 cm³/mol. The van der Waals surface area contributed by atoms with Crippen molar-refractivity contribution < 1.29 is 19.4 Å². The molecule has 1 aromatic carbocycles. The van der Waals surface area contributed by atoms with Gasteiger partial charge in [0.25, 0.3) is 0 Å². The van der Waals surface area contributed by atoms with Crippen LogP contribution in [0.15, 0.2) is 36.7 Å². The number of ether oxygens (including phenoxy) is 1. The zero-order valence-electron chi connectivity index (χ0n) is 20.2. The van der Waals surface area contributed by atoms with Gasteiger partial charge >= 0.3 is 12.1 Å². The summed E-state index contributed by atoms with van der Waals surface area (Å²) in [4.78, 5) is 36.6. The number of anilines is 1. The van der Waals surface area contributed by atoms with E-state index in [1.54, 1.807) is 31.1 Å². The van der Waals surface area contributed by atoms with Gasteiger partial charge in [0, 0.05) is 50.4 Å². The van der Waals surface area contributed by atoms with Crippen LogP contribution in [-0.2, 0) is 4.74 Å². The number of carbonyl (C=O) groups excluding carboxylic acids is 2. The summed E-state index contributed by atoms with van der Waals surface area (Å²) in [5.41, 5.74) is 1.27. The van der Waals surface area contributed by atoms with Crippen LogP contribution in [0.3, 0.4) is 0 Å². The van der Waals surface area contributed by atoms with E-state index in [1.165, 1.54) is 4.90 Å². The molecule has 0 aliphatic carbocycles. The molecule has 9 heteroatoms. The number of aromatic nitrogens is 2. The van der Waals surface area contributed by atoms with Crippen molar-refractivity contribution >= 4 is 18.1 Å². The number of hydrogen-bond donors (Lipinski definition) is 2. The average molecular weight is 468 g/mol. The molecule has 0 radical (unpaired) electrons. The van der Waals surface area contributed by atoms with Crippen molar-refractivity contribution in [2.75, 3.05) is 24.5 Å². The molecule has 3 amide bonds. The van der Waals surface area contributed by atoms with Crippen LogP contribution in [0.1, 0.15) is 58.6 Å². The quantitative estimate of drug-likeness (QED) is 0.640. The van der Waals surface area contributed by atoms with E-state index < -0.39 is 11.2 Å². The van der Waals surface area contributed by atoms with Crippen LogP contribution < -0.4 is 10.2 Å². The minimum Gasteiger partial charge on any atom is -0.443 e. The SMILES string of the molecule is CC[C@@]1(CC(C)(C)O)CCN([C@@H](C)c2ccc(-c3cnc(N4CCNC4=O)nc3)cc2)C(=O)O1. The first-order chi connectivity index (χ1) is 16.1. The number of urea groups is 1. The van der Waals surface area contributed by atoms with Crippen molar-refractivity contribution in [2.24, 2.45) is 0 Å². The maximum atomic E-state index is 12.9. The van der Waals surface area contributed by atoms with E-state index in [4.69, 9.17) is 4.74 Å². The third-order valence-corrected chi connectivity index (χ3v) is 6.68. The molecule has 9 nitrogen and oxygen atoms in total. The number of nitrogens with one attached hydrogen (secondary N) is 1. The summed E-state index contributed by atoms with van der Waals surface area (Å²) in [6, 6.07) is 7.62. The Morgan fingerprint density at radius 1 is 1.15 bits per heavy atom. The largest absolute Gasteiger partial charge is 0.443 e. The lowest BCUT2D eigenvalue weighted by atomic mass is 9.83. The summed E-state index contributed by atoms with van der Waals surface area (Å²) in [7, 11) is 0. The van der Waals surface area contributed by atoms with E-state index in [0.717, 1.165) is 16.7 Å². The highest BCUT2D eigenvalue weighted by Gasteiger charge is 2.43. The molecule has 0 unspecified atom stereocenters. The van der Waals surface area contributed by atoms with Crippen LogP contribution in [-0.4, -0.2) is 62.9 Å². The maximum absolute atomic E-state index is 12.9. The number of benzene rings is 1. The van der Waals surface area contributed by atoms with Gasteiger partial charge in [-0.3, -0.25) is 4.90 Å². The average Bonchev–Trinajstić information content (AvgIpc) is 3.24. The molecule has 2 saturated heterocycles. The third kappa shape index (κ3) is 4.99. The summed E-state index contributed by atoms with van der Waals surface area (Å²) in [5.74, 6) is 0.389. The minimum atomic E-state index is -0.900. The summed E-state index contributed by atoms with van der Waals surface area (Å²) in [6.45, 7) is 9.20. The van der Waals surface area contributed by atoms with Crippen molar-refractivity contribution in [1.29, 1.82) is 0 Å². The topological polar surface area (TPSA) is 108 Å². The van der Waals surface area contributed by atoms with E-state index in [-0.39, 0.29) is 18.2 Å². The highest BCUT2D eigenvalue weighted by Crippen LogP contribution is 2.37. The van der Waals surface area contributed by atoms with E-state index >= 15 is 0 Å². The molecule has 2 aromatic rings. The molecule has 0 saturated carbocycles. The first-order valence-corrected chi connectivity index (χ1v) is 11.8. The van der Waals surface area contributed by atoms with Gasteiger partial charge in [-0.25, -0.2) is 19.6 Å². The monoisotopic (exact) mass is 467 g/mol. The van der Waals surface area contributed by atoms with E-state index in [0.29, 0.717) is 44.8 Å². The fourth-order valence-electron chi connectivity index (χ4n) is 4.76. The van der Waals surface area contributed by atoms with Crippen molar-refractivity contribution in [3.63, 3.8) is 0 Å². The highest BCUT2D eigenvalue weighted by molar-refractivity contribution is 5.92. The Labute approximate surface area is 200 Å². The van der Waals surface area contributed by atoms with Crippen molar-refractivity contribution in [3.8, 4) is 11.1 Å². The Morgan fingerprint density at radius 3 is 2.35 bits per heavy atom. The van der Waals surface area contributed by atoms with Gasteiger partial charge in [0.15, 0.2) is 0 Å². The summed E-state index contributed by atoms with van der Waals surface area (Å²) >= 11 is 0. The molecular weight excluding hydrogens is 434 g/mol. The van der Waals surface area contributed by atoms with Crippen molar-refractivity contribution in [3.05, 3.63) is 42.2 Å². The lowest BCUT2D eigenvalue weighted by Gasteiger charge is -2.44. The minimum absolute atomic E-state index is 0.147. The Hall–Kier alpha value is -3.20. The maximum Gasteiger partial charge on any atom is 0.410 e. The number of rotatable bonds is 7. The zero-order valence-corrected chi connectivity index (χ0v) is 20.2. The normalized spacial score (nSPS) is 21.9. The van der Waals surface area contributed by atoms with E-state index in [2.05, 4.69) is 15.3 Å². The molecule has 2 fully saturated rings. The van der Waals surface area contributed by atoms with Gasteiger partial charge in [-0.15, -0.1) is 0 Å². The molecule has 1 aromatic heterocycles. The van der Waals surface area contributed by atoms with Gasteiger partial charge < -0.3 is 20.1 Å². The van der Waals surface area contributed by atoms with Crippen molar-refractivity contribution in [1.82, 2.24) is 20.2 Å². The zero-order chi connectivity index (χ0) is 24.5. The molecule has 2 aliphatic rings. The third-order valence-electron chi connectivity index (χ3n) is 6.68. The Kier molecular flexibility index (Phi) is 6.49. The molecule has 2 N–H and O–H groups in total. The second-order valence-corrected chi connectivity index (χ2v) is 9.79. The molecule has 2 aliphatic heterocycles. The molecule has 3 heterocycles. The molecule has 4 rings (SSSR count). The van der Waals surface area contributed by atoms with E-state index in [9.17, 15) is 14.7 Å². The predicted octanol–water partition coefficient (Wildman–Crippen LogP) is 3.89. The summed E-state index contributed by atoms with van der Waals surface area (Å²) in [5, 5.41) is 13.0. The van der Waals surface area contributed by atoms with Gasteiger partial charge in [0.2, 0.25) is 5.95 Å². The van der Waals surface area contributed by atoms with Crippen LogP contribution in [0.4, 0.5) is 15.5 Å². The summed E-state index contributed by atoms with van der Waals surface area (Å²) in [6.07, 6.45) is 4.85. The highest BCUT2D eigenvalue weighted by atomic mass is 16.6. The first kappa shape index (κ1) is 23.9. The number of amides is 3. The van der Waals surface area contributed by atoms with Gasteiger partial charge in [-0.2, -0.15) is 0 Å². The fourth-order valence-corrected chi connectivity index (χ4v) is 4.76.